The molecule has 0 aromatic carbocycles. The molecule has 1 saturated carbocycles. The molecular weight excluding hydrogens is 266 g/mol. The Labute approximate surface area is 116 Å². The van der Waals surface area contributed by atoms with Gasteiger partial charge >= 0.3 is 12.0 Å². The van der Waals surface area contributed by atoms with E-state index >= 15 is 0 Å². The summed E-state index contributed by atoms with van der Waals surface area (Å²) in [6, 6.07) is -1.50. The topological polar surface area (TPSA) is 110 Å². The largest absolute Gasteiger partial charge is 0.480 e. The van der Waals surface area contributed by atoms with Crippen molar-refractivity contribution in [2.75, 3.05) is 26.2 Å². The van der Waals surface area contributed by atoms with E-state index in [1.54, 1.807) is 0 Å². The molecule has 2 fully saturated rings. The molecule has 1 heterocycles. The highest BCUT2D eigenvalue weighted by Crippen LogP contribution is 2.26. The summed E-state index contributed by atoms with van der Waals surface area (Å²) in [7, 11) is 0. The van der Waals surface area contributed by atoms with Gasteiger partial charge in [0.25, 0.3) is 0 Å². The summed E-state index contributed by atoms with van der Waals surface area (Å²) in [6.45, 7) is -0.365. The first-order valence-corrected chi connectivity index (χ1v) is 6.72. The van der Waals surface area contributed by atoms with Crippen LogP contribution in [-0.4, -0.2) is 76.2 Å². The van der Waals surface area contributed by atoms with E-state index in [0.717, 1.165) is 24.2 Å². The van der Waals surface area contributed by atoms with Gasteiger partial charge in [-0.1, -0.05) is 0 Å². The lowest BCUT2D eigenvalue weighted by Crippen LogP contribution is -2.63. The maximum Gasteiger partial charge on any atom is 0.328 e. The molecule has 0 spiro atoms. The molecule has 0 radical (unpaired) electrons. The summed E-state index contributed by atoms with van der Waals surface area (Å²) in [4.78, 5) is 37.7. The summed E-state index contributed by atoms with van der Waals surface area (Å²) in [5.41, 5.74) is 0. The summed E-state index contributed by atoms with van der Waals surface area (Å²) >= 11 is 0. The van der Waals surface area contributed by atoms with Crippen molar-refractivity contribution in [3.63, 3.8) is 0 Å². The zero-order valence-electron chi connectivity index (χ0n) is 11.1. The van der Waals surface area contributed by atoms with Crippen molar-refractivity contribution in [2.24, 2.45) is 0 Å². The molecule has 8 heteroatoms. The fourth-order valence-corrected chi connectivity index (χ4v) is 2.47. The number of nitrogens with one attached hydrogen (secondary N) is 1. The van der Waals surface area contributed by atoms with Crippen LogP contribution in [0.4, 0.5) is 4.79 Å². The summed E-state index contributed by atoms with van der Waals surface area (Å²) in [6.07, 6.45) is 2.72. The van der Waals surface area contributed by atoms with Gasteiger partial charge in [-0.2, -0.15) is 0 Å². The Balaban J connectivity index is 2.13. The van der Waals surface area contributed by atoms with Gasteiger partial charge in [-0.25, -0.2) is 9.59 Å². The van der Waals surface area contributed by atoms with Crippen LogP contribution in [0.25, 0.3) is 0 Å². The molecule has 3 N–H and O–H groups in total. The number of piperazine rings is 1. The Morgan fingerprint density at radius 1 is 1.40 bits per heavy atom. The van der Waals surface area contributed by atoms with Crippen molar-refractivity contribution >= 4 is 17.9 Å². The van der Waals surface area contributed by atoms with Crippen LogP contribution in [0, 0.1) is 0 Å². The highest BCUT2D eigenvalue weighted by atomic mass is 16.4. The van der Waals surface area contributed by atoms with Crippen LogP contribution in [0.15, 0.2) is 0 Å². The van der Waals surface area contributed by atoms with Gasteiger partial charge in [0.2, 0.25) is 5.91 Å². The predicted molar refractivity (Wildman–Crippen MR) is 68.0 cm³/mol. The van der Waals surface area contributed by atoms with E-state index in [0.29, 0.717) is 0 Å². The summed E-state index contributed by atoms with van der Waals surface area (Å²) in [5.74, 6) is -1.51. The zero-order valence-corrected chi connectivity index (χ0v) is 11.1. The first-order chi connectivity index (χ1) is 9.54. The van der Waals surface area contributed by atoms with Crippen LogP contribution in [0.2, 0.25) is 0 Å². The second-order valence-corrected chi connectivity index (χ2v) is 5.07. The van der Waals surface area contributed by atoms with Gasteiger partial charge in [-0.05, 0) is 19.3 Å². The van der Waals surface area contributed by atoms with E-state index in [4.69, 9.17) is 10.2 Å². The van der Waals surface area contributed by atoms with Crippen LogP contribution in [0.1, 0.15) is 19.3 Å². The first-order valence-electron chi connectivity index (χ1n) is 6.72. The molecule has 1 aliphatic heterocycles. The van der Waals surface area contributed by atoms with Crippen LogP contribution >= 0.6 is 0 Å². The highest BCUT2D eigenvalue weighted by molar-refractivity contribution is 5.90. The summed E-state index contributed by atoms with van der Waals surface area (Å²) in [5, 5.41) is 20.7. The van der Waals surface area contributed by atoms with Crippen molar-refractivity contribution in [3.8, 4) is 0 Å². The third kappa shape index (κ3) is 2.84. The van der Waals surface area contributed by atoms with Gasteiger partial charge in [-0.15, -0.1) is 0 Å². The Bertz CT molecular complexity index is 410. The number of carboxylic acid groups (broad SMARTS) is 1. The van der Waals surface area contributed by atoms with Crippen LogP contribution in [0.3, 0.4) is 0 Å². The molecule has 112 valence electrons. The SMILES string of the molecule is O=C1CN(C(=O)N(CCO)C2CCC2)C(C(=O)O)CN1. The molecule has 0 bridgehead atoms. The second kappa shape index (κ2) is 6.08. The molecule has 1 aliphatic carbocycles. The number of amides is 3. The lowest BCUT2D eigenvalue weighted by Gasteiger charge is -2.42. The number of aliphatic hydroxyl groups excluding tert-OH is 1. The Morgan fingerprint density at radius 2 is 2.10 bits per heavy atom. The third-order valence-corrected chi connectivity index (χ3v) is 3.82. The van der Waals surface area contributed by atoms with Gasteiger partial charge in [0.05, 0.1) is 6.61 Å². The minimum Gasteiger partial charge on any atom is -0.480 e. The molecule has 2 rings (SSSR count). The zero-order chi connectivity index (χ0) is 14.7. The van der Waals surface area contributed by atoms with E-state index in [2.05, 4.69) is 5.32 Å². The van der Waals surface area contributed by atoms with Crippen molar-refractivity contribution < 1.29 is 24.6 Å². The maximum atomic E-state index is 12.5. The molecule has 1 saturated heterocycles. The fourth-order valence-electron chi connectivity index (χ4n) is 2.47. The first kappa shape index (κ1) is 14.6. The van der Waals surface area contributed by atoms with Gasteiger partial charge in [-0.3, -0.25) is 9.69 Å². The number of carboxylic acids is 1. The molecule has 1 atom stereocenters. The molecule has 1 unspecified atom stereocenters. The minimum atomic E-state index is -1.14. The average Bonchev–Trinajstić information content (AvgIpc) is 2.34. The molecule has 2 aliphatic rings. The molecular formula is C12H19N3O5. The standard InChI is InChI=1S/C12H19N3O5/c16-5-4-14(8-2-1-3-8)12(20)15-7-10(17)13-6-9(15)11(18)19/h8-9,16H,1-7H2,(H,13,17)(H,18,19). The van der Waals surface area contributed by atoms with Gasteiger partial charge in [0.15, 0.2) is 0 Å². The van der Waals surface area contributed by atoms with Crippen LogP contribution in [0.5, 0.6) is 0 Å². The number of carbonyl (C=O) groups is 3. The lowest BCUT2D eigenvalue weighted by atomic mass is 9.91. The van der Waals surface area contributed by atoms with E-state index < -0.39 is 18.0 Å². The van der Waals surface area contributed by atoms with E-state index in [1.807, 2.05) is 0 Å². The number of carbonyl (C=O) groups excluding carboxylic acids is 2. The smallest absolute Gasteiger partial charge is 0.328 e. The molecule has 3 amide bonds. The Morgan fingerprint density at radius 3 is 2.60 bits per heavy atom. The fraction of sp³-hybridized carbons (Fsp3) is 0.750. The quantitative estimate of drug-likeness (QED) is 0.603. The third-order valence-electron chi connectivity index (χ3n) is 3.82. The van der Waals surface area contributed by atoms with Crippen molar-refractivity contribution in [1.82, 2.24) is 15.1 Å². The Hall–Kier alpha value is -1.83. The van der Waals surface area contributed by atoms with Crippen molar-refractivity contribution in [2.45, 2.75) is 31.3 Å². The summed E-state index contributed by atoms with van der Waals surface area (Å²) < 4.78 is 0. The molecule has 8 nitrogen and oxygen atoms in total. The predicted octanol–water partition coefficient (Wildman–Crippen LogP) is -1.16. The number of hydrogen-bond donors (Lipinski definition) is 3. The number of urea groups is 1. The van der Waals surface area contributed by atoms with Crippen molar-refractivity contribution in [1.29, 1.82) is 0 Å². The van der Waals surface area contributed by atoms with Gasteiger partial charge in [0.1, 0.15) is 12.6 Å². The number of aliphatic hydroxyl groups is 1. The van der Waals surface area contributed by atoms with Crippen LogP contribution < -0.4 is 5.32 Å². The van der Waals surface area contributed by atoms with Crippen molar-refractivity contribution in [3.05, 3.63) is 0 Å². The minimum absolute atomic E-state index is 0.0362. The van der Waals surface area contributed by atoms with E-state index in [1.165, 1.54) is 4.90 Å². The van der Waals surface area contributed by atoms with E-state index in [-0.39, 0.29) is 38.2 Å². The number of hydrogen-bond acceptors (Lipinski definition) is 4. The normalized spacial score (nSPS) is 22.9. The Kier molecular flexibility index (Phi) is 4.43. The maximum absolute atomic E-state index is 12.5. The average molecular weight is 285 g/mol. The van der Waals surface area contributed by atoms with Crippen LogP contribution in [-0.2, 0) is 9.59 Å². The number of rotatable bonds is 4. The van der Waals surface area contributed by atoms with Gasteiger partial charge in [0, 0.05) is 19.1 Å². The molecule has 0 aromatic heterocycles. The second-order valence-electron chi connectivity index (χ2n) is 5.07. The lowest BCUT2D eigenvalue weighted by molar-refractivity contribution is -0.144. The van der Waals surface area contributed by atoms with Gasteiger partial charge < -0.3 is 20.4 Å². The monoisotopic (exact) mass is 285 g/mol. The van der Waals surface area contributed by atoms with E-state index in [9.17, 15) is 14.4 Å². The number of aliphatic carboxylic acids is 1. The molecule has 0 aromatic rings. The number of nitrogens with zero attached hydrogens (tertiary/aromatic N) is 2. The highest BCUT2D eigenvalue weighted by Gasteiger charge is 2.39. The molecule has 20 heavy (non-hydrogen) atoms.